The zero-order valence-corrected chi connectivity index (χ0v) is 24.0. The molecule has 0 bridgehead atoms. The van der Waals surface area contributed by atoms with Crippen LogP contribution in [0.5, 0.6) is 5.75 Å². The number of allylic oxidation sites excluding steroid dienone is 1. The molecule has 7 nitrogen and oxygen atoms in total. The number of hydrogen-bond acceptors (Lipinski definition) is 6. The second-order valence-electron chi connectivity index (χ2n) is 11.0. The largest absolute Gasteiger partial charge is 0.490 e. The Labute approximate surface area is 226 Å². The third kappa shape index (κ3) is 5.85. The number of rotatable bonds is 9. The van der Waals surface area contributed by atoms with Gasteiger partial charge in [0.25, 0.3) is 0 Å². The lowest BCUT2D eigenvalue weighted by atomic mass is 9.75. The summed E-state index contributed by atoms with van der Waals surface area (Å²) in [7, 11) is -1.34. The highest BCUT2D eigenvalue weighted by molar-refractivity contribution is 7.99. The first-order valence-corrected chi connectivity index (χ1v) is 15.7. The van der Waals surface area contributed by atoms with Crippen LogP contribution >= 0.6 is 11.8 Å². The average Bonchev–Trinajstić information content (AvgIpc) is 2.80. The molecular formula is C25H35F2NO6S3. The standard InChI is InChI=1S/C25H35F2NO6S3/c1-16(23(2,3)4)12-36(29)28-24(13-32-14-24)15-35-10-7-20-17-11-34-22-19(27)6-5-18(26)21(22)25(17,37(30)31)8-9-33-20/h5-6,12,17,20,28H,7-11,13-15H2,1-4H3,(H,30,31). The van der Waals surface area contributed by atoms with Gasteiger partial charge in [0, 0.05) is 23.7 Å². The van der Waals surface area contributed by atoms with Crippen LogP contribution in [0.25, 0.3) is 0 Å². The molecule has 0 aliphatic carbocycles. The number of thioether (sulfide) groups is 1. The van der Waals surface area contributed by atoms with Crippen LogP contribution in [0.2, 0.25) is 0 Å². The molecule has 1 aromatic rings. The van der Waals surface area contributed by atoms with Gasteiger partial charge in [-0.2, -0.15) is 11.8 Å². The SMILES string of the molecule is CC(=CS(=O)NC1(CSCCC2OCCC3(S(=O)O)c4c(F)ccc(F)c4OCC23)COC1)C(C)(C)C. The molecule has 0 spiro atoms. The van der Waals surface area contributed by atoms with Gasteiger partial charge in [0.2, 0.25) is 0 Å². The van der Waals surface area contributed by atoms with Crippen LogP contribution in [-0.4, -0.2) is 62.5 Å². The average molecular weight is 580 g/mol. The quantitative estimate of drug-likeness (QED) is 0.333. The van der Waals surface area contributed by atoms with E-state index in [4.69, 9.17) is 14.2 Å². The van der Waals surface area contributed by atoms with Gasteiger partial charge in [0.15, 0.2) is 22.6 Å². The molecule has 12 heteroatoms. The second-order valence-corrected chi connectivity index (χ2v) is 14.4. The molecule has 0 amide bonds. The van der Waals surface area contributed by atoms with Crippen LogP contribution < -0.4 is 9.46 Å². The van der Waals surface area contributed by atoms with Gasteiger partial charge in [-0.15, -0.1) is 0 Å². The fourth-order valence-corrected chi connectivity index (χ4v) is 8.63. The Morgan fingerprint density at radius 3 is 2.59 bits per heavy atom. The summed E-state index contributed by atoms with van der Waals surface area (Å²) in [6.45, 7) is 9.22. The molecule has 5 atom stereocenters. The van der Waals surface area contributed by atoms with Crippen LogP contribution in [0.4, 0.5) is 8.78 Å². The fourth-order valence-electron chi connectivity index (χ4n) is 4.91. The van der Waals surface area contributed by atoms with E-state index in [0.717, 1.165) is 17.7 Å². The molecule has 0 saturated carbocycles. The van der Waals surface area contributed by atoms with Gasteiger partial charge in [0.05, 0.1) is 37.0 Å². The summed E-state index contributed by atoms with van der Waals surface area (Å²) in [5.74, 6) is -1.07. The zero-order chi connectivity index (χ0) is 27.0. The summed E-state index contributed by atoms with van der Waals surface area (Å²) >= 11 is -0.818. The van der Waals surface area contributed by atoms with Crippen LogP contribution in [0, 0.1) is 23.0 Å². The molecule has 208 valence electrons. The Hall–Kier alpha value is -0.890. The van der Waals surface area contributed by atoms with Gasteiger partial charge in [0.1, 0.15) is 21.5 Å². The Kier molecular flexibility index (Phi) is 8.89. The summed E-state index contributed by atoms with van der Waals surface area (Å²) in [5.41, 5.74) is 0.400. The van der Waals surface area contributed by atoms with E-state index in [0.29, 0.717) is 31.1 Å². The monoisotopic (exact) mass is 579 g/mol. The maximum atomic E-state index is 14.9. The van der Waals surface area contributed by atoms with Crippen molar-refractivity contribution in [1.82, 2.24) is 4.72 Å². The number of benzene rings is 1. The molecule has 5 unspecified atom stereocenters. The fraction of sp³-hybridized carbons (Fsp3) is 0.680. The van der Waals surface area contributed by atoms with Crippen molar-refractivity contribution in [1.29, 1.82) is 0 Å². The molecule has 3 aliphatic heterocycles. The van der Waals surface area contributed by atoms with Crippen LogP contribution in [0.15, 0.2) is 23.1 Å². The first kappa shape index (κ1) is 29.1. The van der Waals surface area contributed by atoms with Crippen LogP contribution in [0.3, 0.4) is 0 Å². The smallest absolute Gasteiger partial charge is 0.165 e. The van der Waals surface area contributed by atoms with Crippen molar-refractivity contribution < 1.29 is 36.0 Å². The van der Waals surface area contributed by atoms with Crippen LogP contribution in [-0.2, 0) is 36.3 Å². The highest BCUT2D eigenvalue weighted by Crippen LogP contribution is 2.52. The summed E-state index contributed by atoms with van der Waals surface area (Å²) in [4.78, 5) is 0. The highest BCUT2D eigenvalue weighted by Gasteiger charge is 2.57. The number of halogens is 2. The Morgan fingerprint density at radius 2 is 1.97 bits per heavy atom. The van der Waals surface area contributed by atoms with E-state index >= 15 is 0 Å². The summed E-state index contributed by atoms with van der Waals surface area (Å²) in [6, 6.07) is 1.95. The molecule has 2 fully saturated rings. The molecule has 0 aromatic heterocycles. The van der Waals surface area contributed by atoms with E-state index in [2.05, 4.69) is 25.5 Å². The first-order valence-electron chi connectivity index (χ1n) is 12.3. The van der Waals surface area contributed by atoms with Gasteiger partial charge >= 0.3 is 0 Å². The van der Waals surface area contributed by atoms with E-state index in [9.17, 15) is 21.8 Å². The molecular weight excluding hydrogens is 544 g/mol. The Balaban J connectivity index is 1.40. The van der Waals surface area contributed by atoms with Gasteiger partial charge < -0.3 is 18.8 Å². The second kappa shape index (κ2) is 11.3. The summed E-state index contributed by atoms with van der Waals surface area (Å²) in [5, 5.41) is 1.75. The number of ether oxygens (including phenoxy) is 3. The molecule has 1 aromatic carbocycles. The molecule has 4 rings (SSSR count). The van der Waals surface area contributed by atoms with E-state index < -0.39 is 56.0 Å². The van der Waals surface area contributed by atoms with Crippen molar-refractivity contribution in [2.24, 2.45) is 11.3 Å². The van der Waals surface area contributed by atoms with Gasteiger partial charge in [-0.05, 0) is 43.1 Å². The van der Waals surface area contributed by atoms with Crippen LogP contribution in [0.1, 0.15) is 46.1 Å². The van der Waals surface area contributed by atoms with Crippen molar-refractivity contribution in [3.05, 3.63) is 40.3 Å². The van der Waals surface area contributed by atoms with Crippen molar-refractivity contribution in [3.63, 3.8) is 0 Å². The van der Waals surface area contributed by atoms with E-state index in [1.54, 1.807) is 17.2 Å². The van der Waals surface area contributed by atoms with Gasteiger partial charge in [-0.1, -0.05) is 26.3 Å². The summed E-state index contributed by atoms with van der Waals surface area (Å²) < 4.78 is 83.8. The molecule has 0 radical (unpaired) electrons. The minimum atomic E-state index is -2.46. The topological polar surface area (TPSA) is 94.1 Å². The summed E-state index contributed by atoms with van der Waals surface area (Å²) in [6.07, 6.45) is 0.174. The third-order valence-electron chi connectivity index (χ3n) is 7.52. The number of hydrogen-bond donors (Lipinski definition) is 2. The lowest BCUT2D eigenvalue weighted by Gasteiger charge is -2.48. The van der Waals surface area contributed by atoms with Gasteiger partial charge in [-0.25, -0.2) is 21.9 Å². The Bertz CT molecular complexity index is 1090. The third-order valence-corrected chi connectivity index (χ3v) is 11.3. The van der Waals surface area contributed by atoms with Crippen molar-refractivity contribution in [2.45, 2.75) is 56.9 Å². The molecule has 3 aliphatic rings. The minimum Gasteiger partial charge on any atom is -0.490 e. The predicted molar refractivity (Wildman–Crippen MR) is 142 cm³/mol. The van der Waals surface area contributed by atoms with Gasteiger partial charge in [-0.3, -0.25) is 0 Å². The van der Waals surface area contributed by atoms with E-state index in [-0.39, 0.29) is 36.4 Å². The maximum Gasteiger partial charge on any atom is 0.165 e. The molecule has 37 heavy (non-hydrogen) atoms. The lowest BCUT2D eigenvalue weighted by Crippen LogP contribution is -2.62. The molecule has 2 saturated heterocycles. The maximum absolute atomic E-state index is 14.9. The van der Waals surface area contributed by atoms with E-state index in [1.807, 2.05) is 6.92 Å². The number of fused-ring (bicyclic) bond motifs is 3. The Morgan fingerprint density at radius 1 is 1.27 bits per heavy atom. The highest BCUT2D eigenvalue weighted by atomic mass is 32.2. The predicted octanol–water partition coefficient (Wildman–Crippen LogP) is 4.27. The lowest BCUT2D eigenvalue weighted by molar-refractivity contribution is -0.0733. The molecule has 2 N–H and O–H groups in total. The number of nitrogens with one attached hydrogen (secondary N) is 1. The first-order chi connectivity index (χ1) is 17.4. The van der Waals surface area contributed by atoms with Crippen molar-refractivity contribution in [3.8, 4) is 5.75 Å². The van der Waals surface area contributed by atoms with E-state index in [1.165, 1.54) is 0 Å². The van der Waals surface area contributed by atoms with Crippen molar-refractivity contribution >= 4 is 33.8 Å². The van der Waals surface area contributed by atoms with Crippen molar-refractivity contribution in [2.75, 3.05) is 37.9 Å². The minimum absolute atomic E-state index is 0.0349. The zero-order valence-electron chi connectivity index (χ0n) is 21.5. The normalized spacial score (nSPS) is 28.9. The molecule has 3 heterocycles.